The molecule has 1 fully saturated rings. The van der Waals surface area contributed by atoms with E-state index < -0.39 is 0 Å². The summed E-state index contributed by atoms with van der Waals surface area (Å²) >= 11 is 5.34. The van der Waals surface area contributed by atoms with Crippen LogP contribution in [0, 0.1) is 19.8 Å². The summed E-state index contributed by atoms with van der Waals surface area (Å²) in [6, 6.07) is 13.8. The van der Waals surface area contributed by atoms with E-state index in [-0.39, 0.29) is 17.6 Å². The van der Waals surface area contributed by atoms with E-state index in [2.05, 4.69) is 28.5 Å². The Kier molecular flexibility index (Phi) is 7.09. The lowest BCUT2D eigenvalue weighted by molar-refractivity contribution is -0.121. The van der Waals surface area contributed by atoms with Gasteiger partial charge in [0, 0.05) is 13.1 Å². The molecule has 0 aromatic heterocycles. The first-order valence-corrected chi connectivity index (χ1v) is 10.5. The van der Waals surface area contributed by atoms with E-state index >= 15 is 0 Å². The van der Waals surface area contributed by atoms with Crippen molar-refractivity contribution in [1.29, 1.82) is 0 Å². The van der Waals surface area contributed by atoms with E-state index in [4.69, 9.17) is 17.0 Å². The topological polar surface area (TPSA) is 53.6 Å². The summed E-state index contributed by atoms with van der Waals surface area (Å²) in [6.45, 7) is 8.33. The highest BCUT2D eigenvalue weighted by atomic mass is 32.1. The normalized spacial score (nSPS) is 14.4. The number of benzene rings is 2. The highest BCUT2D eigenvalue weighted by Crippen LogP contribution is 2.29. The van der Waals surface area contributed by atoms with Gasteiger partial charge in [0.1, 0.15) is 5.75 Å². The first-order valence-electron chi connectivity index (χ1n) is 10.1. The van der Waals surface area contributed by atoms with Gasteiger partial charge in [-0.25, -0.2) is 0 Å². The van der Waals surface area contributed by atoms with Crippen LogP contribution in [-0.2, 0) is 4.79 Å². The molecular formula is C23H29N3O2S. The summed E-state index contributed by atoms with van der Waals surface area (Å²) in [5.41, 5.74) is 4.34. The Bertz CT molecular complexity index is 876. The first-order chi connectivity index (χ1) is 13.9. The molecule has 3 rings (SSSR count). The maximum atomic E-state index is 12.2. The van der Waals surface area contributed by atoms with E-state index in [1.54, 1.807) is 0 Å². The van der Waals surface area contributed by atoms with Gasteiger partial charge in [-0.15, -0.1) is 0 Å². The Labute approximate surface area is 178 Å². The minimum Gasteiger partial charge on any atom is -0.484 e. The molecule has 5 nitrogen and oxygen atoms in total. The van der Waals surface area contributed by atoms with Crippen molar-refractivity contribution >= 4 is 34.6 Å². The first kappa shape index (κ1) is 21.1. The van der Waals surface area contributed by atoms with Gasteiger partial charge in [0.2, 0.25) is 0 Å². The largest absolute Gasteiger partial charge is 0.484 e. The van der Waals surface area contributed by atoms with Crippen molar-refractivity contribution in [3.05, 3.63) is 53.6 Å². The van der Waals surface area contributed by atoms with E-state index in [1.165, 1.54) is 18.4 Å². The smallest absolute Gasteiger partial charge is 0.264 e. The second-order valence-corrected chi connectivity index (χ2v) is 8.13. The number of carbonyl (C=O) groups excluding carboxylic acids is 1. The number of thiocarbonyl (C=S) groups is 1. The molecule has 154 valence electrons. The monoisotopic (exact) mass is 411 g/mol. The lowest BCUT2D eigenvalue weighted by atomic mass is 9.98. The number of carbonyl (C=O) groups is 1. The van der Waals surface area contributed by atoms with Gasteiger partial charge in [-0.1, -0.05) is 25.1 Å². The number of anilines is 2. The molecule has 0 radical (unpaired) electrons. The summed E-state index contributed by atoms with van der Waals surface area (Å²) < 4.78 is 5.58. The van der Waals surface area contributed by atoms with Crippen LogP contribution in [0.3, 0.4) is 0 Å². The second kappa shape index (κ2) is 9.74. The Morgan fingerprint density at radius 2 is 1.86 bits per heavy atom. The number of ether oxygens (including phenoxy) is 1. The van der Waals surface area contributed by atoms with Crippen LogP contribution in [0.5, 0.6) is 5.75 Å². The predicted molar refractivity (Wildman–Crippen MR) is 123 cm³/mol. The molecule has 0 unspecified atom stereocenters. The third-order valence-corrected chi connectivity index (χ3v) is 5.58. The fourth-order valence-electron chi connectivity index (χ4n) is 3.37. The molecule has 1 heterocycles. The average Bonchev–Trinajstić information content (AvgIpc) is 2.70. The summed E-state index contributed by atoms with van der Waals surface area (Å²) in [5.74, 6) is 1.15. The lowest BCUT2D eigenvalue weighted by Gasteiger charge is -2.33. The molecule has 1 aliphatic heterocycles. The van der Waals surface area contributed by atoms with Crippen LogP contribution in [0.25, 0.3) is 0 Å². The van der Waals surface area contributed by atoms with Gasteiger partial charge in [0.15, 0.2) is 11.7 Å². The molecule has 2 aromatic carbocycles. The number of hydrogen-bond acceptors (Lipinski definition) is 4. The number of para-hydroxylation sites is 2. The maximum absolute atomic E-state index is 12.2. The average molecular weight is 412 g/mol. The number of piperidine rings is 1. The SMILES string of the molecule is Cc1ccc(OCC(=O)NC(=S)Nc2ccccc2N2CCC(C)CC2)cc1C. The van der Waals surface area contributed by atoms with Crippen LogP contribution in [0.4, 0.5) is 11.4 Å². The molecular weight excluding hydrogens is 382 g/mol. The van der Waals surface area contributed by atoms with Crippen molar-refractivity contribution in [1.82, 2.24) is 5.32 Å². The fourth-order valence-corrected chi connectivity index (χ4v) is 3.60. The quantitative estimate of drug-likeness (QED) is 0.713. The third kappa shape index (κ3) is 5.94. The summed E-state index contributed by atoms with van der Waals surface area (Å²) in [6.07, 6.45) is 2.37. The zero-order chi connectivity index (χ0) is 20.8. The van der Waals surface area contributed by atoms with Gasteiger partial charge in [-0.3, -0.25) is 10.1 Å². The van der Waals surface area contributed by atoms with Gasteiger partial charge in [-0.2, -0.15) is 0 Å². The van der Waals surface area contributed by atoms with Crippen LogP contribution in [0.15, 0.2) is 42.5 Å². The Morgan fingerprint density at radius 1 is 1.14 bits per heavy atom. The van der Waals surface area contributed by atoms with Crippen molar-refractivity contribution < 1.29 is 9.53 Å². The predicted octanol–water partition coefficient (Wildman–Crippen LogP) is 4.43. The second-order valence-electron chi connectivity index (χ2n) is 7.72. The summed E-state index contributed by atoms with van der Waals surface area (Å²) in [7, 11) is 0. The van der Waals surface area contributed by atoms with Crippen molar-refractivity contribution in [3.8, 4) is 5.75 Å². The molecule has 0 bridgehead atoms. The zero-order valence-electron chi connectivity index (χ0n) is 17.3. The molecule has 2 N–H and O–H groups in total. The lowest BCUT2D eigenvalue weighted by Crippen LogP contribution is -2.38. The number of nitrogens with one attached hydrogen (secondary N) is 2. The number of nitrogens with zero attached hydrogens (tertiary/aromatic N) is 1. The van der Waals surface area contributed by atoms with Gasteiger partial charge in [0.05, 0.1) is 11.4 Å². The molecule has 0 aliphatic carbocycles. The van der Waals surface area contributed by atoms with Gasteiger partial charge in [-0.05, 0) is 80.2 Å². The van der Waals surface area contributed by atoms with Crippen LogP contribution >= 0.6 is 12.2 Å². The zero-order valence-corrected chi connectivity index (χ0v) is 18.1. The molecule has 2 aromatic rings. The fraction of sp³-hybridized carbons (Fsp3) is 0.391. The Morgan fingerprint density at radius 3 is 2.59 bits per heavy atom. The minimum absolute atomic E-state index is 0.0873. The number of amides is 1. The molecule has 6 heteroatoms. The van der Waals surface area contributed by atoms with E-state index in [0.29, 0.717) is 5.75 Å². The van der Waals surface area contributed by atoms with Crippen LogP contribution in [0.1, 0.15) is 30.9 Å². The van der Waals surface area contributed by atoms with Gasteiger partial charge < -0.3 is 15.0 Å². The van der Waals surface area contributed by atoms with E-state index in [9.17, 15) is 4.79 Å². The Balaban J connectivity index is 1.54. The molecule has 1 saturated heterocycles. The Hall–Kier alpha value is -2.60. The number of hydrogen-bond donors (Lipinski definition) is 2. The van der Waals surface area contributed by atoms with E-state index in [0.717, 1.165) is 35.9 Å². The molecule has 1 aliphatic rings. The maximum Gasteiger partial charge on any atom is 0.264 e. The highest BCUT2D eigenvalue weighted by molar-refractivity contribution is 7.80. The molecule has 0 atom stereocenters. The van der Waals surface area contributed by atoms with Crippen molar-refractivity contribution in [2.24, 2.45) is 5.92 Å². The number of aryl methyl sites for hydroxylation is 2. The summed E-state index contributed by atoms with van der Waals surface area (Å²) in [4.78, 5) is 14.6. The van der Waals surface area contributed by atoms with Gasteiger partial charge >= 0.3 is 0 Å². The minimum atomic E-state index is -0.287. The van der Waals surface area contributed by atoms with Crippen molar-refractivity contribution in [2.45, 2.75) is 33.6 Å². The molecule has 0 saturated carbocycles. The van der Waals surface area contributed by atoms with Gasteiger partial charge in [0.25, 0.3) is 5.91 Å². The van der Waals surface area contributed by atoms with Crippen LogP contribution in [0.2, 0.25) is 0 Å². The van der Waals surface area contributed by atoms with Crippen molar-refractivity contribution in [2.75, 3.05) is 29.9 Å². The molecule has 0 spiro atoms. The molecule has 29 heavy (non-hydrogen) atoms. The van der Waals surface area contributed by atoms with Crippen molar-refractivity contribution in [3.63, 3.8) is 0 Å². The molecule has 1 amide bonds. The third-order valence-electron chi connectivity index (χ3n) is 5.38. The number of rotatable bonds is 5. The standard InChI is InChI=1S/C23H29N3O2S/c1-16-10-12-26(13-11-16)21-7-5-4-6-20(21)24-23(29)25-22(27)15-28-19-9-8-17(2)18(3)14-19/h4-9,14,16H,10-13,15H2,1-3H3,(H2,24,25,27,29). The van der Waals surface area contributed by atoms with Crippen LogP contribution < -0.4 is 20.3 Å². The van der Waals surface area contributed by atoms with E-state index in [1.807, 2.05) is 50.2 Å². The van der Waals surface area contributed by atoms with Crippen LogP contribution in [-0.4, -0.2) is 30.7 Å². The highest BCUT2D eigenvalue weighted by Gasteiger charge is 2.18. The summed E-state index contributed by atoms with van der Waals surface area (Å²) in [5, 5.41) is 6.14.